The van der Waals surface area contributed by atoms with Crippen LogP contribution in [0.25, 0.3) is 10.8 Å². The molecule has 2 aromatic heterocycles. The number of nitrogens with zero attached hydrogens (tertiary/aromatic N) is 3. The van der Waals surface area contributed by atoms with Crippen LogP contribution in [0.2, 0.25) is 0 Å². The van der Waals surface area contributed by atoms with Gasteiger partial charge in [0.2, 0.25) is 11.8 Å². The maximum atomic E-state index is 13.0. The van der Waals surface area contributed by atoms with Gasteiger partial charge in [-0.2, -0.15) is 0 Å². The largest absolute Gasteiger partial charge is 0.440 e. The monoisotopic (exact) mass is 367 g/mol. The van der Waals surface area contributed by atoms with Crippen LogP contribution in [0.5, 0.6) is 0 Å². The molecular weight excluding hydrogens is 350 g/mol. The second-order valence-corrected chi connectivity index (χ2v) is 7.08. The summed E-state index contributed by atoms with van der Waals surface area (Å²) in [5.74, 6) is 0.874. The summed E-state index contributed by atoms with van der Waals surface area (Å²) in [5.41, 5.74) is 1.80. The van der Waals surface area contributed by atoms with Crippen molar-refractivity contribution in [3.63, 3.8) is 0 Å². The lowest BCUT2D eigenvalue weighted by Gasteiger charge is -2.19. The number of aryl methyl sites for hydroxylation is 1. The molecule has 7 heteroatoms. The van der Waals surface area contributed by atoms with Gasteiger partial charge in [-0.1, -0.05) is 18.2 Å². The maximum absolute atomic E-state index is 13.0. The van der Waals surface area contributed by atoms with E-state index < -0.39 is 0 Å². The quantitative estimate of drug-likeness (QED) is 0.712. The molecule has 3 heterocycles. The number of aromatic nitrogens is 1. The van der Waals surface area contributed by atoms with Crippen LogP contribution in [0.15, 0.2) is 46.2 Å². The molecule has 6 nitrogen and oxygen atoms in total. The molecule has 3 aromatic rings. The minimum absolute atomic E-state index is 0.00461. The fourth-order valence-corrected chi connectivity index (χ4v) is 3.63. The summed E-state index contributed by atoms with van der Waals surface area (Å²) >= 11 is 1.54. The molecule has 1 aromatic carbocycles. The third-order valence-electron chi connectivity index (χ3n) is 4.45. The Morgan fingerprint density at radius 3 is 2.77 bits per heavy atom. The van der Waals surface area contributed by atoms with Crippen molar-refractivity contribution in [1.82, 2.24) is 9.88 Å². The van der Waals surface area contributed by atoms with Gasteiger partial charge in [-0.15, -0.1) is 11.3 Å². The molecule has 0 spiro atoms. The molecule has 1 aliphatic heterocycles. The van der Waals surface area contributed by atoms with Crippen molar-refractivity contribution in [2.75, 3.05) is 18.5 Å². The predicted molar refractivity (Wildman–Crippen MR) is 99.1 cm³/mol. The summed E-state index contributed by atoms with van der Waals surface area (Å²) in [6.07, 6.45) is 0. The second-order valence-electron chi connectivity index (χ2n) is 6.13. The third kappa shape index (κ3) is 2.80. The summed E-state index contributed by atoms with van der Waals surface area (Å²) in [4.78, 5) is 34.0. The van der Waals surface area contributed by atoms with Crippen LogP contribution in [-0.4, -0.2) is 35.3 Å². The highest BCUT2D eigenvalue weighted by molar-refractivity contribution is 7.13. The first-order chi connectivity index (χ1) is 12.5. The smallest absolute Gasteiger partial charge is 0.256 e. The number of hydrogen-bond donors (Lipinski definition) is 0. The van der Waals surface area contributed by atoms with Gasteiger partial charge in [0, 0.05) is 7.05 Å². The number of amides is 2. The van der Waals surface area contributed by atoms with Crippen molar-refractivity contribution in [2.45, 2.75) is 13.5 Å². The van der Waals surface area contributed by atoms with Gasteiger partial charge in [-0.25, -0.2) is 4.98 Å². The molecule has 0 radical (unpaired) electrons. The zero-order valence-electron chi connectivity index (χ0n) is 14.4. The molecule has 2 amide bonds. The standard InChI is InChI=1S/C19H17N3O3S/c1-12-14(20-18(25-12)16-8-5-9-26-16)10-22-11-17(23)21(2)15-7-4-3-6-13(15)19(22)24/h3-9H,10-11H2,1-2H3. The average molecular weight is 367 g/mol. The normalized spacial score (nSPS) is 14.5. The Kier molecular flexibility index (Phi) is 4.08. The predicted octanol–water partition coefficient (Wildman–Crippen LogP) is 3.33. The van der Waals surface area contributed by atoms with Crippen molar-refractivity contribution < 1.29 is 14.0 Å². The first-order valence-corrected chi connectivity index (χ1v) is 9.07. The highest BCUT2D eigenvalue weighted by Crippen LogP contribution is 2.28. The van der Waals surface area contributed by atoms with E-state index in [4.69, 9.17) is 4.42 Å². The molecule has 0 atom stereocenters. The highest BCUT2D eigenvalue weighted by atomic mass is 32.1. The molecule has 0 saturated carbocycles. The Labute approximate surface area is 154 Å². The topological polar surface area (TPSA) is 66.7 Å². The van der Waals surface area contributed by atoms with E-state index in [0.717, 1.165) is 4.88 Å². The van der Waals surface area contributed by atoms with Crippen molar-refractivity contribution in [3.05, 3.63) is 58.8 Å². The number of likely N-dealkylation sites (N-methyl/N-ethyl adjacent to an activating group) is 1. The Hall–Kier alpha value is -2.93. The van der Waals surface area contributed by atoms with E-state index in [1.807, 2.05) is 30.5 Å². The molecule has 1 aliphatic rings. The number of thiophene rings is 1. The Balaban J connectivity index is 1.66. The summed E-state index contributed by atoms with van der Waals surface area (Å²) in [7, 11) is 1.69. The van der Waals surface area contributed by atoms with Crippen LogP contribution in [0.4, 0.5) is 5.69 Å². The molecule has 0 aliphatic carbocycles. The van der Waals surface area contributed by atoms with E-state index in [-0.39, 0.29) is 24.9 Å². The van der Waals surface area contributed by atoms with Gasteiger partial charge in [0.1, 0.15) is 18.0 Å². The summed E-state index contributed by atoms with van der Waals surface area (Å²) in [6.45, 7) is 2.06. The van der Waals surface area contributed by atoms with Crippen LogP contribution in [0.1, 0.15) is 21.8 Å². The van der Waals surface area contributed by atoms with Gasteiger partial charge in [0.05, 0.1) is 22.7 Å². The van der Waals surface area contributed by atoms with Crippen LogP contribution in [-0.2, 0) is 11.3 Å². The van der Waals surface area contributed by atoms with Crippen LogP contribution < -0.4 is 4.90 Å². The molecule has 0 saturated heterocycles. The van der Waals surface area contributed by atoms with Gasteiger partial charge in [-0.05, 0) is 30.5 Å². The first-order valence-electron chi connectivity index (χ1n) is 8.19. The Morgan fingerprint density at radius 2 is 2.00 bits per heavy atom. The van der Waals surface area contributed by atoms with Gasteiger partial charge in [0.15, 0.2) is 0 Å². The number of oxazole rings is 1. The van der Waals surface area contributed by atoms with Crippen molar-refractivity contribution in [1.29, 1.82) is 0 Å². The van der Waals surface area contributed by atoms with Crippen LogP contribution >= 0.6 is 11.3 Å². The number of hydrogen-bond acceptors (Lipinski definition) is 5. The second kappa shape index (κ2) is 6.42. The van der Waals surface area contributed by atoms with Gasteiger partial charge in [0.25, 0.3) is 5.91 Å². The van der Waals surface area contributed by atoms with E-state index in [1.54, 1.807) is 36.6 Å². The number of fused-ring (bicyclic) bond motifs is 1. The lowest BCUT2D eigenvalue weighted by molar-refractivity contribution is -0.119. The fraction of sp³-hybridized carbons (Fsp3) is 0.211. The summed E-state index contributed by atoms with van der Waals surface area (Å²) < 4.78 is 5.75. The number of benzene rings is 1. The zero-order valence-corrected chi connectivity index (χ0v) is 15.2. The zero-order chi connectivity index (χ0) is 18.3. The van der Waals surface area contributed by atoms with E-state index in [1.165, 1.54) is 9.80 Å². The van der Waals surface area contributed by atoms with Gasteiger partial charge in [-0.3, -0.25) is 9.59 Å². The molecular formula is C19H17N3O3S. The van der Waals surface area contributed by atoms with Crippen molar-refractivity contribution in [3.8, 4) is 10.8 Å². The van der Waals surface area contributed by atoms with E-state index >= 15 is 0 Å². The highest BCUT2D eigenvalue weighted by Gasteiger charge is 2.30. The van der Waals surface area contributed by atoms with Crippen molar-refractivity contribution in [2.24, 2.45) is 0 Å². The average Bonchev–Trinajstić information content (AvgIpc) is 3.28. The van der Waals surface area contributed by atoms with E-state index in [9.17, 15) is 9.59 Å². The minimum Gasteiger partial charge on any atom is -0.440 e. The van der Waals surface area contributed by atoms with Crippen molar-refractivity contribution >= 4 is 28.8 Å². The Morgan fingerprint density at radius 1 is 1.19 bits per heavy atom. The molecule has 0 N–H and O–H groups in total. The summed E-state index contributed by atoms with van der Waals surface area (Å²) in [6, 6.07) is 11.0. The van der Waals surface area contributed by atoms with Crippen LogP contribution in [0.3, 0.4) is 0 Å². The van der Waals surface area contributed by atoms with Crippen LogP contribution in [0, 0.1) is 6.92 Å². The fourth-order valence-electron chi connectivity index (χ4n) is 2.98. The van der Waals surface area contributed by atoms with E-state index in [2.05, 4.69) is 4.98 Å². The lowest BCUT2D eigenvalue weighted by atomic mass is 10.1. The number of carbonyl (C=O) groups excluding carboxylic acids is 2. The lowest BCUT2D eigenvalue weighted by Crippen LogP contribution is -2.37. The molecule has 0 fully saturated rings. The molecule has 26 heavy (non-hydrogen) atoms. The van der Waals surface area contributed by atoms with E-state index in [0.29, 0.717) is 28.6 Å². The molecule has 132 valence electrons. The minimum atomic E-state index is -0.182. The van der Waals surface area contributed by atoms with Gasteiger partial charge >= 0.3 is 0 Å². The number of anilines is 1. The maximum Gasteiger partial charge on any atom is 0.256 e. The molecule has 4 rings (SSSR count). The summed E-state index contributed by atoms with van der Waals surface area (Å²) in [5, 5.41) is 1.96. The van der Waals surface area contributed by atoms with Gasteiger partial charge < -0.3 is 14.2 Å². The number of para-hydroxylation sites is 1. The molecule has 0 unspecified atom stereocenters. The molecule has 0 bridgehead atoms. The number of carbonyl (C=O) groups is 2. The third-order valence-corrected chi connectivity index (χ3v) is 5.31. The first kappa shape index (κ1) is 16.5. The SMILES string of the molecule is Cc1oc(-c2cccs2)nc1CN1CC(=O)N(C)c2ccccc2C1=O. The number of rotatable bonds is 3. The Bertz CT molecular complexity index is 978.